The lowest BCUT2D eigenvalue weighted by Gasteiger charge is -2.41. The van der Waals surface area contributed by atoms with Gasteiger partial charge in [0.2, 0.25) is 10.0 Å². The number of rotatable bonds is 6. The number of aromatic nitrogens is 2. The summed E-state index contributed by atoms with van der Waals surface area (Å²) in [7, 11) is -3.88. The van der Waals surface area contributed by atoms with E-state index in [1.54, 1.807) is 13.0 Å². The zero-order valence-corrected chi connectivity index (χ0v) is 20.5. The van der Waals surface area contributed by atoms with Gasteiger partial charge in [0.05, 0.1) is 21.8 Å². The van der Waals surface area contributed by atoms with Crippen molar-refractivity contribution in [3.63, 3.8) is 0 Å². The number of halogens is 3. The van der Waals surface area contributed by atoms with Crippen LogP contribution in [0.4, 0.5) is 13.2 Å². The van der Waals surface area contributed by atoms with Crippen LogP contribution in [-0.4, -0.2) is 36.0 Å². The van der Waals surface area contributed by atoms with Crippen LogP contribution >= 0.6 is 0 Å². The van der Waals surface area contributed by atoms with E-state index in [9.17, 15) is 21.6 Å². The fourth-order valence-electron chi connectivity index (χ4n) is 6.06. The molecule has 0 N–H and O–H groups in total. The molecule has 2 atom stereocenters. The van der Waals surface area contributed by atoms with Gasteiger partial charge in [0.25, 0.3) is 0 Å². The summed E-state index contributed by atoms with van der Waals surface area (Å²) in [5.41, 5.74) is 0.490. The van der Waals surface area contributed by atoms with Crippen molar-refractivity contribution in [3.05, 3.63) is 77.2 Å². The number of hydrogen-bond donors (Lipinski definition) is 0. The van der Waals surface area contributed by atoms with Gasteiger partial charge in [-0.2, -0.15) is 14.5 Å². The van der Waals surface area contributed by atoms with Crippen LogP contribution in [-0.2, 0) is 15.4 Å². The summed E-state index contributed by atoms with van der Waals surface area (Å²) in [4.78, 5) is 0.0270. The van der Waals surface area contributed by atoms with Crippen LogP contribution in [0.5, 0.6) is 0 Å². The normalized spacial score (nSPS) is 22.5. The molecule has 1 saturated carbocycles. The van der Waals surface area contributed by atoms with Gasteiger partial charge in [0.1, 0.15) is 17.5 Å². The molecule has 0 spiro atoms. The molecule has 1 heterocycles. The standard InChI is InChI=1S/C26H26F3N3O2S/c1-4-32(35(33,34)17-10-8-16(27)9-11-17)15-26-13-12-19(25(26,2)3)18-14-22(30-31-24(18)26)23-20(28)6-5-7-21(23)29/h5-11,14,19H,4,12-13,15H2,1-3H3/t19-,26-/m0/s1. The van der Waals surface area contributed by atoms with Crippen molar-refractivity contribution in [1.82, 2.24) is 14.5 Å². The van der Waals surface area contributed by atoms with Crippen LogP contribution in [0.15, 0.2) is 53.4 Å². The Hall–Kier alpha value is -2.78. The monoisotopic (exact) mass is 501 g/mol. The van der Waals surface area contributed by atoms with Gasteiger partial charge in [-0.15, -0.1) is 0 Å². The zero-order chi connectivity index (χ0) is 25.2. The minimum atomic E-state index is -3.88. The van der Waals surface area contributed by atoms with Crippen molar-refractivity contribution in [2.75, 3.05) is 13.1 Å². The molecule has 2 aromatic carbocycles. The first-order valence-electron chi connectivity index (χ1n) is 11.6. The number of nitrogens with zero attached hydrogens (tertiary/aromatic N) is 3. The lowest BCUT2D eigenvalue weighted by atomic mass is 9.68. The van der Waals surface area contributed by atoms with Crippen LogP contribution in [0.1, 0.15) is 50.8 Å². The molecule has 9 heteroatoms. The molecule has 35 heavy (non-hydrogen) atoms. The third kappa shape index (κ3) is 3.42. The smallest absolute Gasteiger partial charge is 0.207 e. The Bertz CT molecular complexity index is 1390. The Labute approximate surface area is 203 Å². The fourth-order valence-corrected chi connectivity index (χ4v) is 7.57. The van der Waals surface area contributed by atoms with Gasteiger partial charge in [-0.3, -0.25) is 0 Å². The van der Waals surface area contributed by atoms with E-state index in [1.165, 1.54) is 34.6 Å². The van der Waals surface area contributed by atoms with Crippen LogP contribution < -0.4 is 0 Å². The average Bonchev–Trinajstić information content (AvgIpc) is 3.17. The molecule has 3 aromatic rings. The van der Waals surface area contributed by atoms with E-state index in [2.05, 4.69) is 24.0 Å². The van der Waals surface area contributed by atoms with Gasteiger partial charge < -0.3 is 0 Å². The highest BCUT2D eigenvalue weighted by atomic mass is 32.2. The molecule has 5 nitrogen and oxygen atoms in total. The number of sulfonamides is 1. The molecule has 0 amide bonds. The van der Waals surface area contributed by atoms with E-state index in [4.69, 9.17) is 0 Å². The predicted molar refractivity (Wildman–Crippen MR) is 126 cm³/mol. The lowest BCUT2D eigenvalue weighted by molar-refractivity contribution is 0.169. The van der Waals surface area contributed by atoms with Gasteiger partial charge in [0, 0.05) is 18.5 Å². The van der Waals surface area contributed by atoms with Crippen LogP contribution in [0.25, 0.3) is 11.3 Å². The summed E-state index contributed by atoms with van der Waals surface area (Å²) in [6.45, 7) is 6.36. The summed E-state index contributed by atoms with van der Waals surface area (Å²) in [5.74, 6) is -1.88. The topological polar surface area (TPSA) is 63.2 Å². The van der Waals surface area contributed by atoms with E-state index in [0.717, 1.165) is 30.5 Å². The molecular formula is C26H26F3N3O2S. The summed E-state index contributed by atoms with van der Waals surface area (Å²) in [6.07, 6.45) is 1.52. The lowest BCUT2D eigenvalue weighted by Crippen LogP contribution is -2.48. The van der Waals surface area contributed by atoms with Crippen molar-refractivity contribution in [3.8, 4) is 11.3 Å². The molecule has 2 bridgehead atoms. The fraction of sp³-hybridized carbons (Fsp3) is 0.385. The second-order valence-corrected chi connectivity index (χ2v) is 11.8. The Morgan fingerprint density at radius 2 is 1.69 bits per heavy atom. The second kappa shape index (κ2) is 8.13. The van der Waals surface area contributed by atoms with Crippen molar-refractivity contribution < 1.29 is 21.6 Å². The maximum Gasteiger partial charge on any atom is 0.243 e. The number of benzene rings is 2. The highest BCUT2D eigenvalue weighted by Crippen LogP contribution is 2.67. The van der Waals surface area contributed by atoms with Gasteiger partial charge in [0.15, 0.2) is 0 Å². The largest absolute Gasteiger partial charge is 0.243 e. The molecule has 2 aliphatic rings. The third-order valence-electron chi connectivity index (χ3n) is 8.09. The molecule has 2 aliphatic carbocycles. The van der Waals surface area contributed by atoms with E-state index < -0.39 is 32.9 Å². The molecular weight excluding hydrogens is 475 g/mol. The van der Waals surface area contributed by atoms with Crippen LogP contribution in [0.3, 0.4) is 0 Å². The van der Waals surface area contributed by atoms with E-state index >= 15 is 0 Å². The number of likely N-dealkylation sites (N-methyl/N-ethyl adjacent to an activating group) is 1. The summed E-state index contributed by atoms with van der Waals surface area (Å²) < 4.78 is 70.6. The average molecular weight is 502 g/mol. The molecule has 184 valence electrons. The Kier molecular flexibility index (Phi) is 5.56. The number of fused-ring (bicyclic) bond motifs is 5. The van der Waals surface area contributed by atoms with E-state index in [1.807, 2.05) is 0 Å². The first kappa shape index (κ1) is 23.9. The summed E-state index contributed by atoms with van der Waals surface area (Å²) >= 11 is 0. The molecule has 0 unspecified atom stereocenters. The maximum atomic E-state index is 14.4. The summed E-state index contributed by atoms with van der Waals surface area (Å²) in [5, 5.41) is 8.66. The molecule has 0 radical (unpaired) electrons. The summed E-state index contributed by atoms with van der Waals surface area (Å²) in [6, 6.07) is 10.2. The van der Waals surface area contributed by atoms with Gasteiger partial charge >= 0.3 is 0 Å². The van der Waals surface area contributed by atoms with Crippen LogP contribution in [0, 0.1) is 22.9 Å². The highest BCUT2D eigenvalue weighted by Gasteiger charge is 2.64. The highest BCUT2D eigenvalue weighted by molar-refractivity contribution is 7.89. The molecule has 0 aliphatic heterocycles. The zero-order valence-electron chi connectivity index (χ0n) is 19.7. The van der Waals surface area contributed by atoms with Crippen molar-refractivity contribution in [1.29, 1.82) is 0 Å². The Morgan fingerprint density at radius 3 is 2.31 bits per heavy atom. The van der Waals surface area contributed by atoms with E-state index in [-0.39, 0.29) is 40.6 Å². The predicted octanol–water partition coefficient (Wildman–Crippen LogP) is 5.43. The second-order valence-electron chi connectivity index (χ2n) is 9.91. The SMILES string of the molecule is CCN(C[C@@]12CC[C@@H](c3cc(-c4c(F)cccc4F)nnc31)C2(C)C)S(=O)(=O)c1ccc(F)cc1. The molecule has 5 rings (SSSR count). The molecule has 1 fully saturated rings. The third-order valence-corrected chi connectivity index (χ3v) is 10.0. The number of hydrogen-bond acceptors (Lipinski definition) is 4. The minimum absolute atomic E-state index is 0.0270. The molecule has 0 saturated heterocycles. The Morgan fingerprint density at radius 1 is 1.03 bits per heavy atom. The maximum absolute atomic E-state index is 14.4. The van der Waals surface area contributed by atoms with E-state index in [0.29, 0.717) is 5.69 Å². The Balaban J connectivity index is 1.58. The van der Waals surface area contributed by atoms with Crippen molar-refractivity contribution in [2.45, 2.75) is 49.8 Å². The van der Waals surface area contributed by atoms with Crippen molar-refractivity contribution in [2.24, 2.45) is 5.41 Å². The first-order valence-corrected chi connectivity index (χ1v) is 13.0. The van der Waals surface area contributed by atoms with Gasteiger partial charge in [-0.05, 0) is 72.2 Å². The first-order chi connectivity index (χ1) is 16.5. The van der Waals surface area contributed by atoms with Crippen LogP contribution in [0.2, 0.25) is 0 Å². The quantitative estimate of drug-likeness (QED) is 0.452. The molecule has 1 aromatic heterocycles. The van der Waals surface area contributed by atoms with Gasteiger partial charge in [-0.1, -0.05) is 26.8 Å². The minimum Gasteiger partial charge on any atom is -0.207 e. The van der Waals surface area contributed by atoms with Gasteiger partial charge in [-0.25, -0.2) is 21.6 Å². The van der Waals surface area contributed by atoms with Crippen molar-refractivity contribution >= 4 is 10.0 Å².